The lowest BCUT2D eigenvalue weighted by atomic mass is 10.1. The molecule has 0 aromatic rings. The van der Waals surface area contributed by atoms with Gasteiger partial charge in [0.15, 0.2) is 0 Å². The quantitative estimate of drug-likeness (QED) is 0.787. The first-order valence-corrected chi connectivity index (χ1v) is 7.96. The van der Waals surface area contributed by atoms with Crippen LogP contribution in [0.2, 0.25) is 0 Å². The third-order valence-corrected chi connectivity index (χ3v) is 4.53. The van der Waals surface area contributed by atoms with Gasteiger partial charge in [-0.1, -0.05) is 25.7 Å². The minimum absolute atomic E-state index is 0.315. The molecule has 1 saturated carbocycles. The van der Waals surface area contributed by atoms with Crippen LogP contribution in [0, 0.1) is 0 Å². The van der Waals surface area contributed by atoms with Crippen LogP contribution >= 0.6 is 0 Å². The fraction of sp³-hybridized carbons (Fsp3) is 0.933. The van der Waals surface area contributed by atoms with Crippen LogP contribution in [0.3, 0.4) is 0 Å². The SMILES string of the molecule is CN(CC(=O)N1CCCNCC1)C1CCCCCC1. The van der Waals surface area contributed by atoms with Crippen molar-refractivity contribution in [2.45, 2.75) is 51.0 Å². The number of nitrogens with one attached hydrogen (secondary N) is 1. The molecule has 110 valence electrons. The van der Waals surface area contributed by atoms with Crippen molar-refractivity contribution in [3.05, 3.63) is 0 Å². The molecule has 0 bridgehead atoms. The van der Waals surface area contributed by atoms with Gasteiger partial charge in [0.05, 0.1) is 6.54 Å². The number of rotatable bonds is 3. The van der Waals surface area contributed by atoms with E-state index in [4.69, 9.17) is 0 Å². The first kappa shape index (κ1) is 14.8. The molecule has 0 spiro atoms. The molecule has 0 aromatic heterocycles. The monoisotopic (exact) mass is 267 g/mol. The molecule has 1 N–H and O–H groups in total. The van der Waals surface area contributed by atoms with E-state index in [1.807, 2.05) is 4.90 Å². The van der Waals surface area contributed by atoms with Crippen molar-refractivity contribution >= 4 is 5.91 Å². The van der Waals surface area contributed by atoms with Gasteiger partial charge < -0.3 is 10.2 Å². The lowest BCUT2D eigenvalue weighted by Crippen LogP contribution is -2.43. The summed E-state index contributed by atoms with van der Waals surface area (Å²) in [7, 11) is 2.13. The number of carbonyl (C=O) groups excluding carboxylic acids is 1. The lowest BCUT2D eigenvalue weighted by molar-refractivity contribution is -0.132. The molecule has 2 aliphatic rings. The zero-order chi connectivity index (χ0) is 13.5. The summed E-state index contributed by atoms with van der Waals surface area (Å²) in [5.41, 5.74) is 0. The second-order valence-corrected chi connectivity index (χ2v) is 6.04. The topological polar surface area (TPSA) is 35.6 Å². The van der Waals surface area contributed by atoms with Gasteiger partial charge in [-0.2, -0.15) is 0 Å². The van der Waals surface area contributed by atoms with E-state index in [-0.39, 0.29) is 0 Å². The average Bonchev–Trinajstić information content (AvgIpc) is 2.83. The Morgan fingerprint density at radius 1 is 1.11 bits per heavy atom. The van der Waals surface area contributed by atoms with E-state index < -0.39 is 0 Å². The molecular formula is C15H29N3O. The zero-order valence-electron chi connectivity index (χ0n) is 12.4. The van der Waals surface area contributed by atoms with Crippen LogP contribution in [0.4, 0.5) is 0 Å². The maximum Gasteiger partial charge on any atom is 0.236 e. The van der Waals surface area contributed by atoms with Crippen LogP contribution in [0.1, 0.15) is 44.9 Å². The molecule has 0 atom stereocenters. The molecule has 0 aromatic carbocycles. The normalized spacial score (nSPS) is 23.2. The van der Waals surface area contributed by atoms with Gasteiger partial charge in [0, 0.05) is 25.7 Å². The summed E-state index contributed by atoms with van der Waals surface area (Å²) in [6, 6.07) is 0.622. The number of likely N-dealkylation sites (N-methyl/N-ethyl adjacent to an activating group) is 1. The average molecular weight is 267 g/mol. The number of hydrogen-bond donors (Lipinski definition) is 1. The number of nitrogens with zero attached hydrogens (tertiary/aromatic N) is 2. The molecule has 1 heterocycles. The van der Waals surface area contributed by atoms with Gasteiger partial charge in [0.2, 0.25) is 5.91 Å². The predicted octanol–water partition coefficient (Wildman–Crippen LogP) is 1.46. The summed E-state index contributed by atoms with van der Waals surface area (Å²) in [5.74, 6) is 0.315. The van der Waals surface area contributed by atoms with Crippen molar-refractivity contribution in [1.29, 1.82) is 0 Å². The van der Waals surface area contributed by atoms with Gasteiger partial charge in [-0.15, -0.1) is 0 Å². The molecule has 4 heteroatoms. The van der Waals surface area contributed by atoms with Crippen molar-refractivity contribution < 1.29 is 4.79 Å². The summed E-state index contributed by atoms with van der Waals surface area (Å²) in [6.07, 6.45) is 9.02. The van der Waals surface area contributed by atoms with Crippen LogP contribution in [0.25, 0.3) is 0 Å². The Hall–Kier alpha value is -0.610. The van der Waals surface area contributed by atoms with Crippen LogP contribution in [-0.2, 0) is 4.79 Å². The highest BCUT2D eigenvalue weighted by Crippen LogP contribution is 2.20. The second-order valence-electron chi connectivity index (χ2n) is 6.04. The molecule has 2 rings (SSSR count). The molecule has 1 amide bonds. The molecule has 1 aliphatic carbocycles. The fourth-order valence-corrected chi connectivity index (χ4v) is 3.24. The Bertz CT molecular complexity index is 267. The summed E-state index contributed by atoms with van der Waals surface area (Å²) in [5, 5.41) is 3.35. The van der Waals surface area contributed by atoms with Crippen molar-refractivity contribution in [3.63, 3.8) is 0 Å². The largest absolute Gasteiger partial charge is 0.340 e. The fourth-order valence-electron chi connectivity index (χ4n) is 3.24. The summed E-state index contributed by atoms with van der Waals surface area (Å²) in [4.78, 5) is 16.7. The molecule has 2 fully saturated rings. The molecule has 0 unspecified atom stereocenters. The predicted molar refractivity (Wildman–Crippen MR) is 78.2 cm³/mol. The highest BCUT2D eigenvalue weighted by Gasteiger charge is 2.22. The molecule has 1 aliphatic heterocycles. The van der Waals surface area contributed by atoms with E-state index in [9.17, 15) is 4.79 Å². The molecule has 1 saturated heterocycles. The van der Waals surface area contributed by atoms with E-state index >= 15 is 0 Å². The maximum absolute atomic E-state index is 12.3. The Kier molecular flexibility index (Phi) is 6.11. The van der Waals surface area contributed by atoms with Crippen molar-refractivity contribution in [1.82, 2.24) is 15.1 Å². The van der Waals surface area contributed by atoms with Gasteiger partial charge in [0.1, 0.15) is 0 Å². The standard InChI is InChI=1S/C15H29N3O/c1-17(14-7-4-2-3-5-8-14)13-15(19)18-11-6-9-16-10-12-18/h14,16H,2-13H2,1H3. The number of amides is 1. The zero-order valence-corrected chi connectivity index (χ0v) is 12.4. The minimum Gasteiger partial charge on any atom is -0.340 e. The minimum atomic E-state index is 0.315. The van der Waals surface area contributed by atoms with Crippen LogP contribution in [0.15, 0.2) is 0 Å². The number of carbonyl (C=O) groups is 1. The van der Waals surface area contributed by atoms with Gasteiger partial charge in [0.25, 0.3) is 0 Å². The van der Waals surface area contributed by atoms with Crippen LogP contribution < -0.4 is 5.32 Å². The second kappa shape index (κ2) is 7.85. The van der Waals surface area contributed by atoms with Gasteiger partial charge in [-0.3, -0.25) is 9.69 Å². The third kappa shape index (κ3) is 4.77. The third-order valence-electron chi connectivity index (χ3n) is 4.53. The van der Waals surface area contributed by atoms with E-state index in [1.165, 1.54) is 38.5 Å². The molecule has 19 heavy (non-hydrogen) atoms. The van der Waals surface area contributed by atoms with Crippen LogP contribution in [-0.4, -0.2) is 61.5 Å². The molecular weight excluding hydrogens is 238 g/mol. The van der Waals surface area contributed by atoms with Crippen molar-refractivity contribution in [2.24, 2.45) is 0 Å². The van der Waals surface area contributed by atoms with Crippen molar-refractivity contribution in [3.8, 4) is 0 Å². The summed E-state index contributed by atoms with van der Waals surface area (Å²) >= 11 is 0. The van der Waals surface area contributed by atoms with Crippen LogP contribution in [0.5, 0.6) is 0 Å². The molecule has 4 nitrogen and oxygen atoms in total. The van der Waals surface area contributed by atoms with E-state index in [2.05, 4.69) is 17.3 Å². The number of hydrogen-bond acceptors (Lipinski definition) is 3. The van der Waals surface area contributed by atoms with Gasteiger partial charge >= 0.3 is 0 Å². The Morgan fingerprint density at radius 2 is 1.84 bits per heavy atom. The van der Waals surface area contributed by atoms with Gasteiger partial charge in [-0.05, 0) is 32.9 Å². The van der Waals surface area contributed by atoms with E-state index in [0.717, 1.165) is 32.6 Å². The Labute approximate surface area is 117 Å². The first-order chi connectivity index (χ1) is 9.27. The summed E-state index contributed by atoms with van der Waals surface area (Å²) in [6.45, 7) is 4.38. The van der Waals surface area contributed by atoms with E-state index in [0.29, 0.717) is 18.5 Å². The van der Waals surface area contributed by atoms with Gasteiger partial charge in [-0.25, -0.2) is 0 Å². The maximum atomic E-state index is 12.3. The first-order valence-electron chi connectivity index (χ1n) is 7.96. The molecule has 0 radical (unpaired) electrons. The highest BCUT2D eigenvalue weighted by molar-refractivity contribution is 5.78. The highest BCUT2D eigenvalue weighted by atomic mass is 16.2. The Morgan fingerprint density at radius 3 is 2.58 bits per heavy atom. The summed E-state index contributed by atoms with van der Waals surface area (Å²) < 4.78 is 0. The Balaban J connectivity index is 1.79. The lowest BCUT2D eigenvalue weighted by Gasteiger charge is -2.29. The smallest absolute Gasteiger partial charge is 0.236 e. The van der Waals surface area contributed by atoms with Crippen molar-refractivity contribution in [2.75, 3.05) is 39.8 Å². The van der Waals surface area contributed by atoms with E-state index in [1.54, 1.807) is 0 Å².